The van der Waals surface area contributed by atoms with Crippen LogP contribution in [0, 0.1) is 85.0 Å². The Bertz CT molecular complexity index is 3090. The van der Waals surface area contributed by atoms with Crippen molar-refractivity contribution in [2.45, 2.75) is 114 Å². The average Bonchev–Trinajstić information content (AvgIpc) is 3.37. The summed E-state index contributed by atoms with van der Waals surface area (Å²) in [5, 5.41) is 17.4. The Hall–Kier alpha value is -6.04. The number of carbonyl (C=O) groups is 3. The van der Waals surface area contributed by atoms with Gasteiger partial charge in [0.05, 0.1) is 12.1 Å². The summed E-state index contributed by atoms with van der Waals surface area (Å²) < 4.78 is 46.1. The molecule has 9 nitrogen and oxygen atoms in total. The van der Waals surface area contributed by atoms with Crippen molar-refractivity contribution in [1.29, 1.82) is 10.5 Å². The normalized spacial score (nSPS) is 13.8. The fraction of sp³-hybridized carbons (Fsp3) is 0.359. The number of aryl methyl sites for hydroxylation is 9. The minimum absolute atomic E-state index is 0.0213. The molecule has 0 saturated heterocycles. The summed E-state index contributed by atoms with van der Waals surface area (Å²) >= 11 is 0. The van der Waals surface area contributed by atoms with Crippen LogP contribution in [0.4, 0.5) is 0 Å². The third-order valence-electron chi connectivity index (χ3n) is 13.9. The summed E-state index contributed by atoms with van der Waals surface area (Å²) in [6, 6.07) is 45.6. The molecule has 76 heavy (non-hydrogen) atoms. The molecule has 0 saturated carbocycles. The van der Waals surface area contributed by atoms with Crippen LogP contribution >= 0.6 is 21.7 Å². The van der Waals surface area contributed by atoms with E-state index in [1.54, 1.807) is 0 Å². The molecule has 0 N–H and O–H groups in total. The molecule has 0 bridgehead atoms. The lowest BCUT2D eigenvalue weighted by Crippen LogP contribution is -2.17. The van der Waals surface area contributed by atoms with E-state index in [2.05, 4.69) is 38.1 Å². The standard InChI is InChI=1S/C28H33O2P.C20H25O3P.C16H19N2O2P/c1-20-16-21(2)27(22(3)17-20)28(29)31(30,18-23(4)25-12-8-6-9-13-25)19-24(5)26-14-10-7-11-15-26;1-14-11-15(2)19(16(3)12-14)20(21)24(22,23-5)13-17(4)18-9-7-6-8-10-18;1-12-10-13(2)15(14(3)11-12)16(19)21(20,8-4-6-17)9-5-7-18/h6-17,23-24H,18-19H2,1-5H3;6-12,17H,13H2,1-5H3;10-11H,4-5,8-9H2,1-3H3. The number of nitriles is 2. The van der Waals surface area contributed by atoms with E-state index in [1.807, 2.05) is 185 Å². The van der Waals surface area contributed by atoms with E-state index in [-0.39, 0.29) is 65.7 Å². The van der Waals surface area contributed by atoms with E-state index in [1.165, 1.54) is 7.11 Å². The Kier molecular flexibility index (Phi) is 23.3. The molecule has 6 aromatic carbocycles. The molecule has 12 heteroatoms. The van der Waals surface area contributed by atoms with E-state index >= 15 is 0 Å². The van der Waals surface area contributed by atoms with E-state index in [9.17, 15) is 28.1 Å². The predicted octanol–water partition coefficient (Wildman–Crippen LogP) is 17.1. The lowest BCUT2D eigenvalue weighted by molar-refractivity contribution is 0.105. The van der Waals surface area contributed by atoms with Gasteiger partial charge in [-0.25, -0.2) is 0 Å². The molecule has 0 heterocycles. The van der Waals surface area contributed by atoms with E-state index < -0.39 is 21.7 Å². The Morgan fingerprint density at radius 2 is 0.697 bits per heavy atom. The topological polar surface area (TPSA) is 159 Å². The van der Waals surface area contributed by atoms with Crippen LogP contribution < -0.4 is 0 Å². The zero-order valence-electron chi connectivity index (χ0n) is 46.9. The van der Waals surface area contributed by atoms with E-state index in [0.717, 1.165) is 66.8 Å². The van der Waals surface area contributed by atoms with E-state index in [0.29, 0.717) is 29.0 Å². The van der Waals surface area contributed by atoms with E-state index in [4.69, 9.17) is 15.0 Å². The van der Waals surface area contributed by atoms with Crippen molar-refractivity contribution in [2.24, 2.45) is 0 Å². The maximum absolute atomic E-state index is 14.5. The first-order chi connectivity index (χ1) is 35.8. The van der Waals surface area contributed by atoms with Gasteiger partial charge in [-0.1, -0.05) is 165 Å². The number of hydrogen-bond acceptors (Lipinski definition) is 9. The van der Waals surface area contributed by atoms with Gasteiger partial charge in [-0.05, 0) is 130 Å². The predicted molar refractivity (Wildman–Crippen MR) is 314 cm³/mol. The molecule has 0 radical (unpaired) electrons. The Morgan fingerprint density at radius 1 is 0.434 bits per heavy atom. The average molecular weight is 1080 g/mol. The Morgan fingerprint density at radius 3 is 0.974 bits per heavy atom. The zero-order chi connectivity index (χ0) is 56.5. The first-order valence-electron chi connectivity index (χ1n) is 25.9. The first-order valence-corrected chi connectivity index (χ1v) is 31.9. The third-order valence-corrected chi connectivity index (χ3v) is 22.5. The molecular weight excluding hydrogens is 1000 g/mol. The molecule has 6 rings (SSSR count). The quantitative estimate of drug-likeness (QED) is 0.0678. The molecule has 0 aliphatic heterocycles. The van der Waals surface area contributed by atoms with Crippen molar-refractivity contribution < 1.29 is 32.6 Å². The van der Waals surface area contributed by atoms with Gasteiger partial charge in [0, 0.05) is 67.5 Å². The van der Waals surface area contributed by atoms with Crippen LogP contribution in [-0.2, 0) is 18.2 Å². The maximum atomic E-state index is 14.5. The first kappa shape index (κ1) is 62.5. The fourth-order valence-electron chi connectivity index (χ4n) is 10.3. The number of hydrogen-bond donors (Lipinski definition) is 0. The van der Waals surface area contributed by atoms with Crippen molar-refractivity contribution in [3.63, 3.8) is 0 Å². The van der Waals surface area contributed by atoms with Gasteiger partial charge in [-0.15, -0.1) is 0 Å². The van der Waals surface area contributed by atoms with Gasteiger partial charge in [-0.3, -0.25) is 18.9 Å². The van der Waals surface area contributed by atoms with Crippen molar-refractivity contribution >= 4 is 38.2 Å². The lowest BCUT2D eigenvalue weighted by Gasteiger charge is -2.26. The minimum atomic E-state index is -3.44. The fourth-order valence-corrected chi connectivity index (χ4v) is 18.1. The largest absolute Gasteiger partial charge is 0.326 e. The van der Waals surface area contributed by atoms with Gasteiger partial charge in [0.15, 0.2) is 14.3 Å². The summed E-state index contributed by atoms with van der Waals surface area (Å²) in [4.78, 5) is 39.7. The smallest absolute Gasteiger partial charge is 0.271 e. The van der Waals surface area contributed by atoms with Gasteiger partial charge in [-0.2, -0.15) is 10.5 Å². The second-order valence-electron chi connectivity index (χ2n) is 20.6. The van der Waals surface area contributed by atoms with Crippen LogP contribution in [0.1, 0.15) is 149 Å². The molecule has 400 valence electrons. The number of benzene rings is 6. The monoisotopic (exact) mass is 1080 g/mol. The highest BCUT2D eigenvalue weighted by atomic mass is 31.2. The molecule has 0 fully saturated rings. The van der Waals surface area contributed by atoms with Crippen molar-refractivity contribution in [3.8, 4) is 12.1 Å². The van der Waals surface area contributed by atoms with Crippen LogP contribution in [0.25, 0.3) is 0 Å². The number of nitrogens with zero attached hydrogens (tertiary/aromatic N) is 2. The summed E-state index contributed by atoms with van der Waals surface area (Å²) in [6.07, 6.45) is 1.23. The van der Waals surface area contributed by atoms with Gasteiger partial charge < -0.3 is 13.7 Å². The van der Waals surface area contributed by atoms with Gasteiger partial charge in [0.1, 0.15) is 0 Å². The van der Waals surface area contributed by atoms with Gasteiger partial charge in [0.25, 0.3) is 7.37 Å². The number of carbonyl (C=O) groups excluding carboxylic acids is 3. The molecule has 0 spiro atoms. The minimum Gasteiger partial charge on any atom is -0.326 e. The molecule has 6 aromatic rings. The molecular formula is C64H77N2O7P3. The van der Waals surface area contributed by atoms with Crippen molar-refractivity contribution in [2.75, 3.05) is 37.9 Å². The summed E-state index contributed by atoms with van der Waals surface area (Å²) in [5.74, 6) is 0.0713. The second-order valence-corrected chi connectivity index (χ2v) is 29.1. The summed E-state index contributed by atoms with van der Waals surface area (Å²) in [5.41, 5.74) is 12.4. The maximum Gasteiger partial charge on any atom is 0.271 e. The number of rotatable bonds is 20. The van der Waals surface area contributed by atoms with Crippen LogP contribution in [0.15, 0.2) is 127 Å². The molecule has 0 amide bonds. The zero-order valence-corrected chi connectivity index (χ0v) is 49.6. The molecule has 0 aromatic heterocycles. The van der Waals surface area contributed by atoms with Gasteiger partial charge >= 0.3 is 0 Å². The highest BCUT2D eigenvalue weighted by Gasteiger charge is 2.39. The Labute approximate surface area is 453 Å². The van der Waals surface area contributed by atoms with Crippen LogP contribution in [-0.4, -0.2) is 54.5 Å². The lowest BCUT2D eigenvalue weighted by atomic mass is 10.0. The summed E-state index contributed by atoms with van der Waals surface area (Å²) in [6.45, 7) is 23.4. The second kappa shape index (κ2) is 28.4. The molecule has 4 unspecified atom stereocenters. The van der Waals surface area contributed by atoms with Crippen molar-refractivity contribution in [3.05, 3.63) is 211 Å². The Balaban J connectivity index is 0.000000252. The molecule has 0 aliphatic rings. The van der Waals surface area contributed by atoms with Gasteiger partial charge in [0.2, 0.25) is 16.6 Å². The molecule has 0 aliphatic carbocycles. The molecule has 4 atom stereocenters. The van der Waals surface area contributed by atoms with Crippen LogP contribution in [0.5, 0.6) is 0 Å². The third kappa shape index (κ3) is 16.5. The highest BCUT2D eigenvalue weighted by molar-refractivity contribution is 7.81. The highest BCUT2D eigenvalue weighted by Crippen LogP contribution is 2.56. The van der Waals surface area contributed by atoms with Crippen LogP contribution in [0.3, 0.4) is 0 Å². The summed E-state index contributed by atoms with van der Waals surface area (Å²) in [7, 11) is -8.47. The SMILES string of the molecule is COP(=O)(CC(C)c1ccccc1)C(=O)c1c(C)cc(C)cc1C.Cc1cc(C)c(C(=O)P(=O)(CC(C)c2ccccc2)CC(C)c2ccccc2)c(C)c1.Cc1cc(C)c(C(=O)P(=O)(CCC#N)CCC#N)c(C)c1. The van der Waals surface area contributed by atoms with Crippen LogP contribution in [0.2, 0.25) is 0 Å². The van der Waals surface area contributed by atoms with Crippen molar-refractivity contribution in [1.82, 2.24) is 0 Å².